The first-order chi connectivity index (χ1) is 13.5. The molecule has 0 aliphatic carbocycles. The second-order valence-electron chi connectivity index (χ2n) is 7.33. The number of hydrogen-bond acceptors (Lipinski definition) is 2. The van der Waals surface area contributed by atoms with Crippen LogP contribution in [0.2, 0.25) is 0 Å². The van der Waals surface area contributed by atoms with Gasteiger partial charge < -0.3 is 10.2 Å². The molecular formula is C24H30N3O+. The molecule has 0 saturated carbocycles. The van der Waals surface area contributed by atoms with Gasteiger partial charge in [0.15, 0.2) is 0 Å². The van der Waals surface area contributed by atoms with Crippen LogP contribution in [0.5, 0.6) is 0 Å². The van der Waals surface area contributed by atoms with Gasteiger partial charge in [-0.1, -0.05) is 30.3 Å². The fourth-order valence-electron chi connectivity index (χ4n) is 3.46. The van der Waals surface area contributed by atoms with Crippen molar-refractivity contribution in [3.05, 3.63) is 65.2 Å². The minimum absolute atomic E-state index is 0.0322. The Hall–Kier alpha value is -2.72. The fraction of sp³-hybridized carbons (Fsp3) is 0.333. The lowest BCUT2D eigenvalue weighted by atomic mass is 10.0. The van der Waals surface area contributed by atoms with E-state index in [0.717, 1.165) is 41.8 Å². The van der Waals surface area contributed by atoms with Crippen LogP contribution >= 0.6 is 0 Å². The summed E-state index contributed by atoms with van der Waals surface area (Å²) < 4.78 is 0. The van der Waals surface area contributed by atoms with Crippen molar-refractivity contribution in [3.8, 4) is 11.3 Å². The van der Waals surface area contributed by atoms with Gasteiger partial charge in [0.05, 0.1) is 43.0 Å². The van der Waals surface area contributed by atoms with Crippen molar-refractivity contribution in [2.45, 2.75) is 27.7 Å². The highest BCUT2D eigenvalue weighted by molar-refractivity contribution is 6.07. The third kappa shape index (κ3) is 4.39. The molecule has 1 heterocycles. The number of hydrogen-bond donors (Lipinski definition) is 2. The van der Waals surface area contributed by atoms with E-state index in [-0.39, 0.29) is 5.91 Å². The maximum absolute atomic E-state index is 13.0. The average molecular weight is 377 g/mol. The Balaban J connectivity index is 1.94. The molecule has 2 N–H and O–H groups in total. The van der Waals surface area contributed by atoms with Crippen molar-refractivity contribution in [2.75, 3.05) is 26.2 Å². The zero-order chi connectivity index (χ0) is 20.1. The van der Waals surface area contributed by atoms with E-state index >= 15 is 0 Å². The van der Waals surface area contributed by atoms with E-state index in [0.29, 0.717) is 12.1 Å². The van der Waals surface area contributed by atoms with E-state index < -0.39 is 0 Å². The Kier molecular flexibility index (Phi) is 6.42. The molecule has 0 saturated heterocycles. The third-order valence-corrected chi connectivity index (χ3v) is 5.53. The van der Waals surface area contributed by atoms with Crippen LogP contribution in [0.3, 0.4) is 0 Å². The number of aryl methyl sites for hydroxylation is 2. The molecule has 1 amide bonds. The highest BCUT2D eigenvalue weighted by Gasteiger charge is 2.14. The minimum atomic E-state index is -0.0322. The Morgan fingerprint density at radius 2 is 1.75 bits per heavy atom. The number of quaternary nitrogens is 1. The highest BCUT2D eigenvalue weighted by atomic mass is 16.1. The molecule has 1 aromatic heterocycles. The fourth-order valence-corrected chi connectivity index (χ4v) is 3.46. The average Bonchev–Trinajstić information content (AvgIpc) is 2.72. The Bertz CT molecular complexity index is 977. The molecule has 3 aromatic rings. The van der Waals surface area contributed by atoms with Crippen molar-refractivity contribution in [2.24, 2.45) is 0 Å². The summed E-state index contributed by atoms with van der Waals surface area (Å²) in [7, 11) is 0. The van der Waals surface area contributed by atoms with Crippen LogP contribution in [0, 0.1) is 13.8 Å². The van der Waals surface area contributed by atoms with E-state index in [9.17, 15) is 4.79 Å². The van der Waals surface area contributed by atoms with Gasteiger partial charge in [0.25, 0.3) is 5.91 Å². The molecule has 0 aliphatic rings. The van der Waals surface area contributed by atoms with Crippen LogP contribution in [-0.4, -0.2) is 37.1 Å². The number of para-hydroxylation sites is 1. The number of nitrogens with one attached hydrogen (secondary N) is 2. The molecule has 0 radical (unpaired) electrons. The lowest BCUT2D eigenvalue weighted by molar-refractivity contribution is -0.895. The minimum Gasteiger partial charge on any atom is -0.346 e. The maximum Gasteiger partial charge on any atom is 0.252 e. The summed E-state index contributed by atoms with van der Waals surface area (Å²) in [5, 5.41) is 3.99. The maximum atomic E-state index is 13.0. The zero-order valence-corrected chi connectivity index (χ0v) is 17.3. The van der Waals surface area contributed by atoms with Crippen molar-refractivity contribution >= 4 is 16.8 Å². The SMILES string of the molecule is CC[NH+](CC)CCNC(=O)c1cc(-c2ccc(C)c(C)c2)nc2ccccc12. The Morgan fingerprint density at radius 1 is 1.00 bits per heavy atom. The van der Waals surface area contributed by atoms with Gasteiger partial charge in [0, 0.05) is 10.9 Å². The molecule has 0 atom stereocenters. The van der Waals surface area contributed by atoms with Crippen molar-refractivity contribution < 1.29 is 9.69 Å². The molecule has 0 bridgehead atoms. The first kappa shape index (κ1) is 20.0. The first-order valence-electron chi connectivity index (χ1n) is 10.1. The Morgan fingerprint density at radius 3 is 2.46 bits per heavy atom. The van der Waals surface area contributed by atoms with Crippen LogP contribution in [0.15, 0.2) is 48.5 Å². The summed E-state index contributed by atoms with van der Waals surface area (Å²) in [4.78, 5) is 19.3. The van der Waals surface area contributed by atoms with Crippen LogP contribution in [-0.2, 0) is 0 Å². The smallest absolute Gasteiger partial charge is 0.252 e. The van der Waals surface area contributed by atoms with Gasteiger partial charge in [-0.15, -0.1) is 0 Å². The molecule has 2 aromatic carbocycles. The number of pyridine rings is 1. The summed E-state index contributed by atoms with van der Waals surface area (Å²) in [6, 6.07) is 16.1. The number of aromatic nitrogens is 1. The van der Waals surface area contributed by atoms with E-state index in [2.05, 4.69) is 51.2 Å². The standard InChI is InChI=1S/C24H29N3O/c1-5-27(6-2)14-13-25-24(28)21-16-23(19-12-11-17(3)18(4)15-19)26-22-10-8-7-9-20(21)22/h7-12,15-16H,5-6,13-14H2,1-4H3,(H,25,28)/p+1. The second kappa shape index (κ2) is 8.98. The van der Waals surface area contributed by atoms with E-state index in [1.165, 1.54) is 16.0 Å². The number of likely N-dealkylation sites (N-methyl/N-ethyl adjacent to an activating group) is 1. The van der Waals surface area contributed by atoms with Crippen molar-refractivity contribution in [1.82, 2.24) is 10.3 Å². The number of carbonyl (C=O) groups excluding carboxylic acids is 1. The number of carbonyl (C=O) groups is 1. The van der Waals surface area contributed by atoms with Crippen molar-refractivity contribution in [3.63, 3.8) is 0 Å². The molecule has 28 heavy (non-hydrogen) atoms. The summed E-state index contributed by atoms with van der Waals surface area (Å²) in [5.41, 5.74) is 5.88. The van der Waals surface area contributed by atoms with Gasteiger partial charge in [-0.3, -0.25) is 4.79 Å². The van der Waals surface area contributed by atoms with Crippen LogP contribution < -0.4 is 10.2 Å². The summed E-state index contributed by atoms with van der Waals surface area (Å²) in [5.74, 6) is -0.0322. The summed E-state index contributed by atoms with van der Waals surface area (Å²) >= 11 is 0. The predicted molar refractivity (Wildman–Crippen MR) is 116 cm³/mol. The summed E-state index contributed by atoms with van der Waals surface area (Å²) in [6.07, 6.45) is 0. The van der Waals surface area contributed by atoms with E-state index in [4.69, 9.17) is 4.98 Å². The van der Waals surface area contributed by atoms with Gasteiger partial charge in [-0.05, 0) is 57.0 Å². The van der Waals surface area contributed by atoms with Gasteiger partial charge in [0.2, 0.25) is 0 Å². The van der Waals surface area contributed by atoms with Gasteiger partial charge in [-0.25, -0.2) is 4.98 Å². The van der Waals surface area contributed by atoms with Crippen LogP contribution in [0.4, 0.5) is 0 Å². The third-order valence-electron chi connectivity index (χ3n) is 5.53. The molecule has 0 aliphatic heterocycles. The molecule has 0 unspecified atom stereocenters. The van der Waals surface area contributed by atoms with Gasteiger partial charge in [0.1, 0.15) is 0 Å². The number of nitrogens with zero attached hydrogens (tertiary/aromatic N) is 1. The molecule has 4 heteroatoms. The molecule has 3 rings (SSSR count). The van der Waals surface area contributed by atoms with E-state index in [1.807, 2.05) is 30.3 Å². The predicted octanol–water partition coefficient (Wildman–Crippen LogP) is 3.17. The lowest BCUT2D eigenvalue weighted by Crippen LogP contribution is -3.12. The molecule has 0 fully saturated rings. The molecular weight excluding hydrogens is 346 g/mol. The first-order valence-corrected chi connectivity index (χ1v) is 10.1. The topological polar surface area (TPSA) is 46.4 Å². The lowest BCUT2D eigenvalue weighted by Gasteiger charge is -2.16. The van der Waals surface area contributed by atoms with Gasteiger partial charge >= 0.3 is 0 Å². The molecule has 0 spiro atoms. The number of benzene rings is 2. The number of rotatable bonds is 7. The second-order valence-corrected chi connectivity index (χ2v) is 7.33. The number of amides is 1. The summed E-state index contributed by atoms with van der Waals surface area (Å²) in [6.45, 7) is 12.3. The van der Waals surface area contributed by atoms with Crippen LogP contribution in [0.1, 0.15) is 35.3 Å². The largest absolute Gasteiger partial charge is 0.346 e. The monoisotopic (exact) mass is 376 g/mol. The quantitative estimate of drug-likeness (QED) is 0.665. The zero-order valence-electron chi connectivity index (χ0n) is 17.3. The van der Waals surface area contributed by atoms with Gasteiger partial charge in [-0.2, -0.15) is 0 Å². The Labute approximate surface area is 167 Å². The normalized spacial score (nSPS) is 11.2. The van der Waals surface area contributed by atoms with E-state index in [1.54, 1.807) is 0 Å². The number of fused-ring (bicyclic) bond motifs is 1. The van der Waals surface area contributed by atoms with Crippen LogP contribution in [0.25, 0.3) is 22.2 Å². The van der Waals surface area contributed by atoms with Crippen molar-refractivity contribution in [1.29, 1.82) is 0 Å². The molecule has 4 nitrogen and oxygen atoms in total. The highest BCUT2D eigenvalue weighted by Crippen LogP contribution is 2.26. The molecule has 146 valence electrons.